The van der Waals surface area contributed by atoms with Gasteiger partial charge in [0.1, 0.15) is 0 Å². The number of allylic oxidation sites excluding steroid dienone is 4. The van der Waals surface area contributed by atoms with E-state index in [0.29, 0.717) is 0 Å². The third-order valence-corrected chi connectivity index (χ3v) is 1.10. The Labute approximate surface area is 50.2 Å². The average Bonchev–Trinajstić information content (AvgIpc) is 1.64. The molecule has 0 aromatic heterocycles. The van der Waals surface area contributed by atoms with Gasteiger partial charge in [0.25, 0.3) is 0 Å². The zero-order valence-electron chi connectivity index (χ0n) is 4.85. The molecule has 0 fully saturated rings. The lowest BCUT2D eigenvalue weighted by atomic mass is 9.99. The van der Waals surface area contributed by atoms with Crippen LogP contribution in [-0.4, -0.2) is 0 Å². The van der Waals surface area contributed by atoms with Crippen molar-refractivity contribution in [1.29, 1.82) is 0 Å². The Balaban J connectivity index is 2.68. The quantitative estimate of drug-likeness (QED) is 0.443. The maximum absolute atomic E-state index is 3.80. The summed E-state index contributed by atoms with van der Waals surface area (Å²) in [5, 5.41) is 0. The summed E-state index contributed by atoms with van der Waals surface area (Å²) >= 11 is 0. The van der Waals surface area contributed by atoms with Crippen LogP contribution in [0.15, 0.2) is 36.5 Å². The van der Waals surface area contributed by atoms with Gasteiger partial charge in [0, 0.05) is 6.42 Å². The molecule has 0 aromatic rings. The van der Waals surface area contributed by atoms with Crippen LogP contribution in [0.4, 0.5) is 0 Å². The Morgan fingerprint density at radius 1 is 1.38 bits per heavy atom. The van der Waals surface area contributed by atoms with Crippen molar-refractivity contribution in [3.63, 3.8) is 0 Å². The highest BCUT2D eigenvalue weighted by Gasteiger charge is 1.98. The second-order valence-corrected chi connectivity index (χ2v) is 1.98. The van der Waals surface area contributed by atoms with Crippen molar-refractivity contribution in [2.75, 3.05) is 0 Å². The Hall–Kier alpha value is -0.780. The highest BCUT2D eigenvalue weighted by atomic mass is 14.0. The molecule has 0 N–H and O–H groups in total. The zero-order chi connectivity index (χ0) is 5.98. The van der Waals surface area contributed by atoms with E-state index in [1.165, 1.54) is 0 Å². The molecular formula is C8H9. The Morgan fingerprint density at radius 2 is 2.12 bits per heavy atom. The molecule has 0 aromatic carbocycles. The van der Waals surface area contributed by atoms with Crippen LogP contribution in [0, 0.1) is 6.42 Å². The first-order valence-electron chi connectivity index (χ1n) is 2.67. The second-order valence-electron chi connectivity index (χ2n) is 1.98. The third-order valence-electron chi connectivity index (χ3n) is 1.10. The fourth-order valence-corrected chi connectivity index (χ4v) is 0.731. The van der Waals surface area contributed by atoms with Gasteiger partial charge in [-0.25, -0.2) is 0 Å². The monoisotopic (exact) mass is 105 g/mol. The van der Waals surface area contributed by atoms with E-state index in [1.807, 2.05) is 12.5 Å². The highest BCUT2D eigenvalue weighted by Crippen LogP contribution is 2.16. The summed E-state index contributed by atoms with van der Waals surface area (Å²) in [6, 6.07) is 0. The predicted molar refractivity (Wildman–Crippen MR) is 36.3 cm³/mol. The van der Waals surface area contributed by atoms with E-state index < -0.39 is 0 Å². The number of hydrogen-bond donors (Lipinski definition) is 0. The van der Waals surface area contributed by atoms with Crippen molar-refractivity contribution in [3.05, 3.63) is 42.9 Å². The maximum Gasteiger partial charge on any atom is 0.0149 e. The highest BCUT2D eigenvalue weighted by molar-refractivity contribution is 5.38. The largest absolute Gasteiger partial charge is 0.0989 e. The SMILES string of the molecule is C=C1[CH]C(=C)CC=C1. The van der Waals surface area contributed by atoms with Gasteiger partial charge in [0.15, 0.2) is 0 Å². The first kappa shape index (κ1) is 5.36. The van der Waals surface area contributed by atoms with E-state index >= 15 is 0 Å². The molecule has 0 unspecified atom stereocenters. The molecule has 0 aliphatic heterocycles. The Kier molecular flexibility index (Phi) is 1.34. The summed E-state index contributed by atoms with van der Waals surface area (Å²) in [6.45, 7) is 7.56. The Morgan fingerprint density at radius 3 is 2.50 bits per heavy atom. The van der Waals surface area contributed by atoms with Gasteiger partial charge in [-0.15, -0.1) is 0 Å². The molecule has 0 nitrogen and oxygen atoms in total. The Bertz CT molecular complexity index is 149. The minimum absolute atomic E-state index is 0.985. The van der Waals surface area contributed by atoms with Crippen LogP contribution >= 0.6 is 0 Å². The molecule has 0 saturated carbocycles. The summed E-state index contributed by atoms with van der Waals surface area (Å²) in [4.78, 5) is 0. The fourth-order valence-electron chi connectivity index (χ4n) is 0.731. The van der Waals surface area contributed by atoms with E-state index in [0.717, 1.165) is 17.6 Å². The molecule has 1 aliphatic carbocycles. The van der Waals surface area contributed by atoms with Crippen molar-refractivity contribution in [3.8, 4) is 0 Å². The zero-order valence-corrected chi connectivity index (χ0v) is 4.85. The van der Waals surface area contributed by atoms with Crippen molar-refractivity contribution in [1.82, 2.24) is 0 Å². The first-order valence-corrected chi connectivity index (χ1v) is 2.67. The lowest BCUT2D eigenvalue weighted by Gasteiger charge is -2.06. The van der Waals surface area contributed by atoms with Crippen LogP contribution in [0.3, 0.4) is 0 Å². The molecule has 0 amide bonds. The summed E-state index contributed by atoms with van der Waals surface area (Å²) in [6.07, 6.45) is 7.07. The van der Waals surface area contributed by atoms with Crippen LogP contribution in [0.25, 0.3) is 0 Å². The van der Waals surface area contributed by atoms with Gasteiger partial charge in [0.05, 0.1) is 0 Å². The third kappa shape index (κ3) is 1.09. The van der Waals surface area contributed by atoms with E-state index in [4.69, 9.17) is 0 Å². The normalized spacial score (nSPS) is 19.5. The van der Waals surface area contributed by atoms with Gasteiger partial charge in [-0.3, -0.25) is 0 Å². The summed E-state index contributed by atoms with van der Waals surface area (Å²) in [5.41, 5.74) is 2.21. The van der Waals surface area contributed by atoms with Crippen molar-refractivity contribution < 1.29 is 0 Å². The smallest absolute Gasteiger partial charge is 0.0149 e. The van der Waals surface area contributed by atoms with Gasteiger partial charge in [-0.05, 0) is 12.0 Å². The van der Waals surface area contributed by atoms with Crippen molar-refractivity contribution in [2.24, 2.45) is 0 Å². The summed E-state index contributed by atoms with van der Waals surface area (Å²) < 4.78 is 0. The molecule has 1 rings (SSSR count). The predicted octanol–water partition coefficient (Wildman–Crippen LogP) is 2.26. The lowest BCUT2D eigenvalue weighted by molar-refractivity contribution is 1.20. The minimum Gasteiger partial charge on any atom is -0.0989 e. The van der Waals surface area contributed by atoms with Gasteiger partial charge in [0.2, 0.25) is 0 Å². The molecule has 0 heteroatoms. The topological polar surface area (TPSA) is 0 Å². The molecule has 41 valence electrons. The summed E-state index contributed by atoms with van der Waals surface area (Å²) in [7, 11) is 0. The van der Waals surface area contributed by atoms with E-state index in [9.17, 15) is 0 Å². The number of hydrogen-bond acceptors (Lipinski definition) is 0. The van der Waals surface area contributed by atoms with E-state index in [-0.39, 0.29) is 0 Å². The molecule has 0 saturated heterocycles. The van der Waals surface area contributed by atoms with Crippen LogP contribution in [0.2, 0.25) is 0 Å². The lowest BCUT2D eigenvalue weighted by Crippen LogP contribution is -1.88. The fraction of sp³-hybridized carbons (Fsp3) is 0.125. The van der Waals surface area contributed by atoms with Crippen LogP contribution in [-0.2, 0) is 0 Å². The molecule has 1 aliphatic rings. The second kappa shape index (κ2) is 1.99. The molecule has 0 spiro atoms. The van der Waals surface area contributed by atoms with Crippen LogP contribution in [0.1, 0.15) is 6.42 Å². The average molecular weight is 105 g/mol. The standard InChI is InChI=1S/C8H9/c1-7-4-3-5-8(2)6-7/h3-4,6H,1-2,5H2. The van der Waals surface area contributed by atoms with Crippen LogP contribution < -0.4 is 0 Å². The van der Waals surface area contributed by atoms with Gasteiger partial charge in [-0.1, -0.05) is 30.9 Å². The minimum atomic E-state index is 0.985. The first-order chi connectivity index (χ1) is 3.79. The van der Waals surface area contributed by atoms with Gasteiger partial charge >= 0.3 is 0 Å². The molecule has 0 heterocycles. The van der Waals surface area contributed by atoms with E-state index in [1.54, 1.807) is 0 Å². The van der Waals surface area contributed by atoms with Gasteiger partial charge in [-0.2, -0.15) is 0 Å². The molecular weight excluding hydrogens is 96.1 g/mol. The van der Waals surface area contributed by atoms with Crippen molar-refractivity contribution in [2.45, 2.75) is 6.42 Å². The van der Waals surface area contributed by atoms with Crippen molar-refractivity contribution >= 4 is 0 Å². The molecule has 0 atom stereocenters. The molecule has 0 bridgehead atoms. The molecule has 1 radical (unpaired) electrons. The molecule has 8 heavy (non-hydrogen) atoms. The number of rotatable bonds is 0. The van der Waals surface area contributed by atoms with Crippen LogP contribution in [0.5, 0.6) is 0 Å². The summed E-state index contributed by atoms with van der Waals surface area (Å²) in [5.74, 6) is 0. The maximum atomic E-state index is 3.80. The van der Waals surface area contributed by atoms with Gasteiger partial charge < -0.3 is 0 Å². The van der Waals surface area contributed by atoms with E-state index in [2.05, 4.69) is 19.2 Å².